The zero-order valence-corrected chi connectivity index (χ0v) is 10.3. The van der Waals surface area contributed by atoms with Gasteiger partial charge < -0.3 is 10.0 Å². The van der Waals surface area contributed by atoms with Crippen molar-refractivity contribution in [1.82, 2.24) is 4.90 Å². The molecule has 0 bridgehead atoms. The third-order valence-electron chi connectivity index (χ3n) is 2.85. The van der Waals surface area contributed by atoms with Gasteiger partial charge in [-0.2, -0.15) is 0 Å². The molecule has 2 heteroatoms. The van der Waals surface area contributed by atoms with Crippen LogP contribution in [0.1, 0.15) is 46.0 Å². The smallest absolute Gasteiger partial charge is 0.0319 e. The van der Waals surface area contributed by atoms with Crippen LogP contribution in [0.15, 0.2) is 0 Å². The highest BCUT2D eigenvalue weighted by molar-refractivity contribution is 4.73. The molecule has 1 fully saturated rings. The second-order valence-electron chi connectivity index (χ2n) is 4.63. The average molecular weight is 201 g/mol. The minimum atomic E-state index is 0.817. The van der Waals surface area contributed by atoms with Crippen molar-refractivity contribution in [3.05, 3.63) is 0 Å². The molecule has 0 aromatic carbocycles. The second kappa shape index (κ2) is 8.25. The van der Waals surface area contributed by atoms with Gasteiger partial charge >= 0.3 is 0 Å². The van der Waals surface area contributed by atoms with E-state index in [9.17, 15) is 0 Å². The number of aliphatic hydroxyl groups is 1. The largest absolute Gasteiger partial charge is 0.400 e. The molecule has 1 rings (SSSR count). The van der Waals surface area contributed by atoms with Crippen LogP contribution >= 0.6 is 0 Å². The number of hydrogen-bond donors (Lipinski definition) is 1. The van der Waals surface area contributed by atoms with Crippen LogP contribution in [-0.2, 0) is 0 Å². The van der Waals surface area contributed by atoms with Crippen LogP contribution < -0.4 is 0 Å². The first-order chi connectivity index (χ1) is 6.70. The molecule has 0 amide bonds. The van der Waals surface area contributed by atoms with Crippen LogP contribution in [0.5, 0.6) is 0 Å². The lowest BCUT2D eigenvalue weighted by Crippen LogP contribution is -2.35. The molecule has 2 nitrogen and oxygen atoms in total. The summed E-state index contributed by atoms with van der Waals surface area (Å²) >= 11 is 0. The maximum atomic E-state index is 7.00. The van der Waals surface area contributed by atoms with Gasteiger partial charge in [-0.05, 0) is 25.8 Å². The monoisotopic (exact) mass is 201 g/mol. The first-order valence-corrected chi connectivity index (χ1v) is 5.85. The third-order valence-corrected chi connectivity index (χ3v) is 2.85. The normalized spacial score (nSPS) is 18.2. The summed E-state index contributed by atoms with van der Waals surface area (Å²) in [5.41, 5.74) is 0. The van der Waals surface area contributed by atoms with Gasteiger partial charge in [0, 0.05) is 19.7 Å². The number of hydrogen-bond acceptors (Lipinski definition) is 2. The Balaban J connectivity index is 0.000000791. The molecule has 1 saturated carbocycles. The van der Waals surface area contributed by atoms with E-state index < -0.39 is 0 Å². The van der Waals surface area contributed by atoms with Crippen molar-refractivity contribution in [3.63, 3.8) is 0 Å². The van der Waals surface area contributed by atoms with Gasteiger partial charge in [-0.25, -0.2) is 0 Å². The first-order valence-electron chi connectivity index (χ1n) is 5.85. The lowest BCUT2D eigenvalue weighted by Gasteiger charge is -2.32. The second-order valence-corrected chi connectivity index (χ2v) is 4.63. The molecule has 0 aromatic rings. The Morgan fingerprint density at radius 1 is 1.14 bits per heavy atom. The van der Waals surface area contributed by atoms with Gasteiger partial charge in [-0.1, -0.05) is 33.1 Å². The van der Waals surface area contributed by atoms with E-state index in [1.807, 2.05) is 0 Å². The highest BCUT2D eigenvalue weighted by atomic mass is 16.2. The number of nitrogens with zero attached hydrogens (tertiary/aromatic N) is 1. The highest BCUT2D eigenvalue weighted by Gasteiger charge is 2.17. The molecule has 86 valence electrons. The zero-order chi connectivity index (χ0) is 11.0. The lowest BCUT2D eigenvalue weighted by molar-refractivity contribution is 0.174. The first kappa shape index (κ1) is 13.9. The Kier molecular flexibility index (Phi) is 8.20. The van der Waals surface area contributed by atoms with Crippen molar-refractivity contribution in [1.29, 1.82) is 0 Å². The Hall–Kier alpha value is -0.0800. The van der Waals surface area contributed by atoms with Gasteiger partial charge in [0.1, 0.15) is 0 Å². The van der Waals surface area contributed by atoms with E-state index in [0.29, 0.717) is 0 Å². The summed E-state index contributed by atoms with van der Waals surface area (Å²) in [7, 11) is 3.29. The Morgan fingerprint density at radius 2 is 1.64 bits per heavy atom. The van der Waals surface area contributed by atoms with E-state index in [0.717, 1.165) is 19.1 Å². The molecule has 0 radical (unpaired) electrons. The van der Waals surface area contributed by atoms with Gasteiger partial charge in [0.25, 0.3) is 0 Å². The Bertz CT molecular complexity index is 119. The fraction of sp³-hybridized carbons (Fsp3) is 1.00. The van der Waals surface area contributed by atoms with Crippen LogP contribution in [0, 0.1) is 5.92 Å². The van der Waals surface area contributed by atoms with Crippen molar-refractivity contribution in [2.45, 2.75) is 52.0 Å². The van der Waals surface area contributed by atoms with Gasteiger partial charge in [-0.15, -0.1) is 0 Å². The average Bonchev–Trinajstić information content (AvgIpc) is 2.21. The maximum Gasteiger partial charge on any atom is 0.0319 e. The summed E-state index contributed by atoms with van der Waals surface area (Å²) < 4.78 is 0. The van der Waals surface area contributed by atoms with E-state index in [-0.39, 0.29) is 0 Å². The van der Waals surface area contributed by atoms with Gasteiger partial charge in [-0.3, -0.25) is 0 Å². The Labute approximate surface area is 89.3 Å². The van der Waals surface area contributed by atoms with E-state index in [2.05, 4.69) is 25.8 Å². The van der Waals surface area contributed by atoms with Crippen molar-refractivity contribution in [2.75, 3.05) is 20.7 Å². The molecular weight excluding hydrogens is 174 g/mol. The van der Waals surface area contributed by atoms with Crippen molar-refractivity contribution >= 4 is 0 Å². The summed E-state index contributed by atoms with van der Waals surface area (Å²) in [5, 5.41) is 7.00. The van der Waals surface area contributed by atoms with Crippen molar-refractivity contribution < 1.29 is 5.11 Å². The quantitative estimate of drug-likeness (QED) is 0.758. The fourth-order valence-electron chi connectivity index (χ4n) is 2.25. The summed E-state index contributed by atoms with van der Waals surface area (Å²) in [6, 6.07) is 0.890. The molecule has 0 unspecified atom stereocenters. The van der Waals surface area contributed by atoms with Crippen LogP contribution in [0.3, 0.4) is 0 Å². The fourth-order valence-corrected chi connectivity index (χ4v) is 2.25. The molecule has 1 aliphatic carbocycles. The predicted octanol–water partition coefficient (Wildman–Crippen LogP) is 2.52. The standard InChI is InChI=1S/C11H23N.CH4O/c1-10(2)9-12(3)11-7-5-4-6-8-11;1-2/h10-11H,4-9H2,1-3H3;2H,1H3. The van der Waals surface area contributed by atoms with Crippen LogP contribution in [0.25, 0.3) is 0 Å². The van der Waals surface area contributed by atoms with Gasteiger partial charge in [0.2, 0.25) is 0 Å². The summed E-state index contributed by atoms with van der Waals surface area (Å²) in [5.74, 6) is 0.817. The highest BCUT2D eigenvalue weighted by Crippen LogP contribution is 2.21. The van der Waals surface area contributed by atoms with E-state index >= 15 is 0 Å². The zero-order valence-electron chi connectivity index (χ0n) is 10.3. The van der Waals surface area contributed by atoms with Gasteiger partial charge in [0.05, 0.1) is 0 Å². The lowest BCUT2D eigenvalue weighted by atomic mass is 9.94. The predicted molar refractivity (Wildman–Crippen MR) is 62.5 cm³/mol. The minimum Gasteiger partial charge on any atom is -0.400 e. The van der Waals surface area contributed by atoms with E-state index in [1.165, 1.54) is 38.6 Å². The van der Waals surface area contributed by atoms with E-state index in [4.69, 9.17) is 5.11 Å². The molecular formula is C12H27NO. The van der Waals surface area contributed by atoms with Crippen molar-refractivity contribution in [3.8, 4) is 0 Å². The van der Waals surface area contributed by atoms with Crippen LogP contribution in [0.4, 0.5) is 0 Å². The summed E-state index contributed by atoms with van der Waals surface area (Å²) in [6.07, 6.45) is 7.23. The summed E-state index contributed by atoms with van der Waals surface area (Å²) in [4.78, 5) is 2.56. The molecule has 14 heavy (non-hydrogen) atoms. The number of rotatable bonds is 3. The Morgan fingerprint density at radius 3 is 2.07 bits per heavy atom. The van der Waals surface area contributed by atoms with Gasteiger partial charge in [0.15, 0.2) is 0 Å². The molecule has 1 N–H and O–H groups in total. The molecule has 0 heterocycles. The third kappa shape index (κ3) is 5.61. The van der Waals surface area contributed by atoms with E-state index in [1.54, 1.807) is 0 Å². The van der Waals surface area contributed by atoms with Crippen molar-refractivity contribution in [2.24, 2.45) is 5.92 Å². The number of aliphatic hydroxyl groups excluding tert-OH is 1. The molecule has 0 aromatic heterocycles. The molecule has 0 spiro atoms. The molecule has 1 aliphatic rings. The summed E-state index contributed by atoms with van der Waals surface area (Å²) in [6.45, 7) is 5.88. The maximum absolute atomic E-state index is 7.00. The molecule has 0 aliphatic heterocycles. The minimum absolute atomic E-state index is 0.817. The molecule has 0 saturated heterocycles. The van der Waals surface area contributed by atoms with Crippen LogP contribution in [-0.4, -0.2) is 36.8 Å². The van der Waals surface area contributed by atoms with Crippen LogP contribution in [0.2, 0.25) is 0 Å². The SMILES string of the molecule is CC(C)CN(C)C1CCCCC1.CO. The topological polar surface area (TPSA) is 23.5 Å². The molecule has 0 atom stereocenters.